The number of hydrogen-bond acceptors (Lipinski definition) is 2. The van der Waals surface area contributed by atoms with Crippen LogP contribution >= 0.6 is 11.6 Å². The number of aryl methyl sites for hydroxylation is 1. The molecule has 0 radical (unpaired) electrons. The number of benzene rings is 1. The molecule has 0 fully saturated rings. The zero-order valence-corrected chi connectivity index (χ0v) is 9.79. The normalized spacial score (nSPS) is 10.0. The summed E-state index contributed by atoms with van der Waals surface area (Å²) in [5.74, 6) is -0.287. The van der Waals surface area contributed by atoms with Crippen molar-refractivity contribution in [2.45, 2.75) is 6.92 Å². The average Bonchev–Trinajstić information content (AvgIpc) is 2.32. The van der Waals surface area contributed by atoms with E-state index >= 15 is 0 Å². The number of aromatic nitrogens is 1. The molecule has 0 atom stereocenters. The summed E-state index contributed by atoms with van der Waals surface area (Å²) in [5, 5.41) is 8.86. The van der Waals surface area contributed by atoms with Crippen molar-refractivity contribution in [3.63, 3.8) is 0 Å². The van der Waals surface area contributed by atoms with Crippen LogP contribution in [0.25, 0.3) is 11.3 Å². The van der Waals surface area contributed by atoms with Gasteiger partial charge in [-0.15, -0.1) is 0 Å². The van der Waals surface area contributed by atoms with Gasteiger partial charge in [-0.25, -0.2) is 9.37 Å². The summed E-state index contributed by atoms with van der Waals surface area (Å²) in [5.41, 5.74) is 2.07. The summed E-state index contributed by atoms with van der Waals surface area (Å²) in [4.78, 5) is 4.06. The second-order valence-electron chi connectivity index (χ2n) is 3.61. The van der Waals surface area contributed by atoms with Gasteiger partial charge in [0.25, 0.3) is 0 Å². The Morgan fingerprint density at radius 1 is 1.29 bits per heavy atom. The van der Waals surface area contributed by atoms with E-state index in [9.17, 15) is 4.39 Å². The molecule has 2 nitrogen and oxygen atoms in total. The van der Waals surface area contributed by atoms with Crippen LogP contribution < -0.4 is 0 Å². The maximum absolute atomic E-state index is 13.4. The first-order valence-electron chi connectivity index (χ1n) is 4.95. The first kappa shape index (κ1) is 11.6. The highest BCUT2D eigenvalue weighted by Gasteiger charge is 2.06. The van der Waals surface area contributed by atoms with Crippen LogP contribution in [-0.2, 0) is 0 Å². The lowest BCUT2D eigenvalue weighted by Gasteiger charge is -2.04. The van der Waals surface area contributed by atoms with Gasteiger partial charge in [-0.05, 0) is 30.7 Å². The van der Waals surface area contributed by atoms with E-state index in [2.05, 4.69) is 4.98 Å². The molecule has 0 spiro atoms. The van der Waals surface area contributed by atoms with Crippen LogP contribution in [0.2, 0.25) is 5.15 Å². The van der Waals surface area contributed by atoms with Gasteiger partial charge in [0.05, 0.1) is 11.3 Å². The Morgan fingerprint density at radius 3 is 2.65 bits per heavy atom. The zero-order valence-electron chi connectivity index (χ0n) is 9.04. The lowest BCUT2D eigenvalue weighted by molar-refractivity contribution is 0.619. The summed E-state index contributed by atoms with van der Waals surface area (Å²) in [6.45, 7) is 1.69. The molecular formula is C13H8ClFN2. The smallest absolute Gasteiger partial charge is 0.147 e. The summed E-state index contributed by atoms with van der Waals surface area (Å²) in [7, 11) is 0. The molecule has 1 heterocycles. The van der Waals surface area contributed by atoms with E-state index in [4.69, 9.17) is 16.9 Å². The maximum atomic E-state index is 13.4. The molecule has 2 aromatic rings. The van der Waals surface area contributed by atoms with Crippen molar-refractivity contribution in [2.24, 2.45) is 0 Å². The number of nitriles is 1. The molecule has 0 saturated heterocycles. The number of hydrogen-bond donors (Lipinski definition) is 0. The third kappa shape index (κ3) is 2.27. The van der Waals surface area contributed by atoms with Crippen LogP contribution in [-0.4, -0.2) is 4.98 Å². The Bertz CT molecular complexity index is 617. The third-order valence-corrected chi connectivity index (χ3v) is 2.72. The predicted molar refractivity (Wildman–Crippen MR) is 64.1 cm³/mol. The topological polar surface area (TPSA) is 36.7 Å². The Balaban J connectivity index is 2.50. The standard InChI is InChI=1S/C13H8ClFN2/c1-8-2-3-9(6-11(8)15)12-5-4-10(7-16)13(14)17-12/h2-6H,1H3. The molecule has 1 aromatic heterocycles. The molecular weight excluding hydrogens is 239 g/mol. The molecule has 0 bridgehead atoms. The lowest BCUT2D eigenvalue weighted by atomic mass is 10.1. The Kier molecular flexibility index (Phi) is 3.08. The minimum atomic E-state index is -0.287. The summed E-state index contributed by atoms with van der Waals surface area (Å²) < 4.78 is 13.4. The molecule has 0 N–H and O–H groups in total. The number of rotatable bonds is 1. The summed E-state index contributed by atoms with van der Waals surface area (Å²) in [6.07, 6.45) is 0. The third-order valence-electron chi connectivity index (χ3n) is 2.44. The number of pyridine rings is 1. The molecule has 0 saturated carbocycles. The SMILES string of the molecule is Cc1ccc(-c2ccc(C#N)c(Cl)n2)cc1F. The quantitative estimate of drug-likeness (QED) is 0.719. The van der Waals surface area contributed by atoms with Crippen molar-refractivity contribution in [3.05, 3.63) is 52.4 Å². The second-order valence-corrected chi connectivity index (χ2v) is 3.97. The highest BCUT2D eigenvalue weighted by atomic mass is 35.5. The molecule has 17 heavy (non-hydrogen) atoms. The van der Waals surface area contributed by atoms with Crippen molar-refractivity contribution >= 4 is 11.6 Å². The van der Waals surface area contributed by atoms with Gasteiger partial charge < -0.3 is 0 Å². The van der Waals surface area contributed by atoms with E-state index in [0.717, 1.165) is 0 Å². The molecule has 0 amide bonds. The van der Waals surface area contributed by atoms with Gasteiger partial charge in [-0.3, -0.25) is 0 Å². The number of nitrogens with zero attached hydrogens (tertiary/aromatic N) is 2. The molecule has 0 unspecified atom stereocenters. The molecule has 4 heteroatoms. The van der Waals surface area contributed by atoms with Gasteiger partial charge >= 0.3 is 0 Å². The highest BCUT2D eigenvalue weighted by Crippen LogP contribution is 2.23. The molecule has 0 aliphatic carbocycles. The van der Waals surface area contributed by atoms with Gasteiger partial charge in [-0.1, -0.05) is 23.7 Å². The van der Waals surface area contributed by atoms with Gasteiger partial charge in [0.2, 0.25) is 0 Å². The Labute approximate surface area is 103 Å². The number of halogens is 2. The first-order chi connectivity index (χ1) is 8.11. The summed E-state index contributed by atoms with van der Waals surface area (Å²) in [6, 6.07) is 9.99. The molecule has 2 rings (SSSR count). The fourth-order valence-electron chi connectivity index (χ4n) is 1.43. The molecule has 0 aliphatic rings. The van der Waals surface area contributed by atoms with Gasteiger partial charge in [0.1, 0.15) is 17.0 Å². The first-order valence-corrected chi connectivity index (χ1v) is 5.33. The summed E-state index contributed by atoms with van der Waals surface area (Å²) >= 11 is 5.82. The van der Waals surface area contributed by atoms with Crippen molar-refractivity contribution in [2.75, 3.05) is 0 Å². The predicted octanol–water partition coefficient (Wildman–Crippen LogP) is 3.72. The maximum Gasteiger partial charge on any atom is 0.147 e. The van der Waals surface area contributed by atoms with E-state index in [1.165, 1.54) is 6.07 Å². The van der Waals surface area contributed by atoms with Crippen molar-refractivity contribution < 1.29 is 4.39 Å². The lowest BCUT2D eigenvalue weighted by Crippen LogP contribution is -1.89. The fourth-order valence-corrected chi connectivity index (χ4v) is 1.63. The van der Waals surface area contributed by atoms with E-state index < -0.39 is 0 Å². The van der Waals surface area contributed by atoms with Gasteiger partial charge in [-0.2, -0.15) is 5.26 Å². The van der Waals surface area contributed by atoms with Crippen LogP contribution in [0.3, 0.4) is 0 Å². The van der Waals surface area contributed by atoms with E-state index in [0.29, 0.717) is 22.4 Å². The van der Waals surface area contributed by atoms with Crippen molar-refractivity contribution in [1.82, 2.24) is 4.98 Å². The van der Waals surface area contributed by atoms with Crippen LogP contribution in [0.5, 0.6) is 0 Å². The van der Waals surface area contributed by atoms with Crippen LogP contribution in [0, 0.1) is 24.1 Å². The largest absolute Gasteiger partial charge is 0.235 e. The average molecular weight is 247 g/mol. The molecule has 1 aromatic carbocycles. The van der Waals surface area contributed by atoms with Gasteiger partial charge in [0.15, 0.2) is 0 Å². The molecule has 0 aliphatic heterocycles. The second kappa shape index (κ2) is 4.52. The minimum absolute atomic E-state index is 0.131. The fraction of sp³-hybridized carbons (Fsp3) is 0.0769. The monoisotopic (exact) mass is 246 g/mol. The van der Waals surface area contributed by atoms with Crippen molar-refractivity contribution in [1.29, 1.82) is 5.26 Å². The molecule has 84 valence electrons. The van der Waals surface area contributed by atoms with E-state index in [1.807, 2.05) is 6.07 Å². The van der Waals surface area contributed by atoms with Crippen LogP contribution in [0.4, 0.5) is 4.39 Å². The zero-order chi connectivity index (χ0) is 12.4. The van der Waals surface area contributed by atoms with E-state index in [1.54, 1.807) is 31.2 Å². The highest BCUT2D eigenvalue weighted by molar-refractivity contribution is 6.30. The van der Waals surface area contributed by atoms with Crippen molar-refractivity contribution in [3.8, 4) is 17.3 Å². The van der Waals surface area contributed by atoms with Crippen LogP contribution in [0.15, 0.2) is 30.3 Å². The van der Waals surface area contributed by atoms with E-state index in [-0.39, 0.29) is 11.0 Å². The Morgan fingerprint density at radius 2 is 2.06 bits per heavy atom. The van der Waals surface area contributed by atoms with Crippen LogP contribution in [0.1, 0.15) is 11.1 Å². The minimum Gasteiger partial charge on any atom is -0.235 e. The van der Waals surface area contributed by atoms with Gasteiger partial charge in [0, 0.05) is 5.56 Å². The Hall–Kier alpha value is -1.92.